The van der Waals surface area contributed by atoms with Crippen molar-refractivity contribution in [2.24, 2.45) is 46.3 Å². The second-order valence-electron chi connectivity index (χ2n) is 10.2. The maximum absolute atomic E-state index is 12.7. The quantitative estimate of drug-likeness (QED) is 0.539. The molecule has 0 aliphatic heterocycles. The molecule has 4 aliphatic carbocycles. The molecule has 4 heteroatoms. The Bertz CT molecular complexity index is 538. The van der Waals surface area contributed by atoms with Gasteiger partial charge in [0, 0.05) is 5.92 Å². The first-order valence-corrected chi connectivity index (χ1v) is 10.6. The van der Waals surface area contributed by atoms with Crippen molar-refractivity contribution in [3.63, 3.8) is 0 Å². The van der Waals surface area contributed by atoms with Crippen molar-refractivity contribution < 1.29 is 15.3 Å². The summed E-state index contributed by atoms with van der Waals surface area (Å²) >= 11 is 0. The number of quaternary nitrogens is 1. The predicted molar refractivity (Wildman–Crippen MR) is 97.2 cm³/mol. The summed E-state index contributed by atoms with van der Waals surface area (Å²) in [6.45, 7) is 5.39. The average molecular weight is 350 g/mol. The number of nitrogens with two attached hydrogens (primary N) is 2. The van der Waals surface area contributed by atoms with Gasteiger partial charge in [0.05, 0.1) is 6.10 Å². The van der Waals surface area contributed by atoms with Crippen LogP contribution in [0.25, 0.3) is 0 Å². The first-order chi connectivity index (χ1) is 11.9. The van der Waals surface area contributed by atoms with Crippen molar-refractivity contribution in [1.82, 2.24) is 0 Å². The molecule has 4 nitrogen and oxygen atoms in total. The van der Waals surface area contributed by atoms with E-state index in [0.717, 1.165) is 37.0 Å². The van der Waals surface area contributed by atoms with Crippen LogP contribution >= 0.6 is 0 Å². The van der Waals surface area contributed by atoms with Crippen molar-refractivity contribution in [3.05, 3.63) is 0 Å². The fourth-order valence-corrected chi connectivity index (χ4v) is 8.02. The van der Waals surface area contributed by atoms with Crippen molar-refractivity contribution >= 4 is 5.78 Å². The van der Waals surface area contributed by atoms with Crippen molar-refractivity contribution in [2.45, 2.75) is 77.7 Å². The number of aliphatic hydroxyl groups excluding tert-OH is 1. The predicted octanol–water partition coefficient (Wildman–Crippen LogP) is 2.01. The zero-order valence-electron chi connectivity index (χ0n) is 16.0. The molecule has 0 aromatic rings. The van der Waals surface area contributed by atoms with Gasteiger partial charge in [0.1, 0.15) is 0 Å². The number of hydrogen-bond donors (Lipinski definition) is 3. The Morgan fingerprint density at radius 3 is 2.52 bits per heavy atom. The maximum Gasteiger partial charge on any atom is 0.192 e. The third-order valence-corrected chi connectivity index (χ3v) is 9.35. The third-order valence-electron chi connectivity index (χ3n) is 9.35. The topological polar surface area (TPSA) is 79.9 Å². The van der Waals surface area contributed by atoms with Crippen LogP contribution in [0.1, 0.15) is 71.6 Å². The molecule has 0 amide bonds. The van der Waals surface area contributed by atoms with E-state index in [1.807, 2.05) is 0 Å². The van der Waals surface area contributed by atoms with E-state index in [9.17, 15) is 9.90 Å². The van der Waals surface area contributed by atoms with Crippen LogP contribution in [0.4, 0.5) is 0 Å². The van der Waals surface area contributed by atoms with Crippen LogP contribution in [0.2, 0.25) is 0 Å². The number of carbonyl (C=O) groups is 1. The van der Waals surface area contributed by atoms with Gasteiger partial charge in [-0.3, -0.25) is 10.2 Å². The van der Waals surface area contributed by atoms with Crippen molar-refractivity contribution in [3.8, 4) is 0 Å². The normalized spacial score (nSPS) is 52.2. The molecule has 5 N–H and O–H groups in total. The van der Waals surface area contributed by atoms with Crippen LogP contribution < -0.4 is 11.3 Å². The molecule has 0 bridgehead atoms. The zero-order valence-corrected chi connectivity index (χ0v) is 16.0. The van der Waals surface area contributed by atoms with E-state index in [0.29, 0.717) is 23.7 Å². The minimum Gasteiger partial charge on any atom is -0.393 e. The lowest BCUT2D eigenvalue weighted by atomic mass is 9.44. The van der Waals surface area contributed by atoms with Gasteiger partial charge in [0.25, 0.3) is 0 Å². The summed E-state index contributed by atoms with van der Waals surface area (Å²) < 4.78 is 0. The highest BCUT2D eigenvalue weighted by Crippen LogP contribution is 2.67. The Labute approximate surface area is 152 Å². The Hall–Kier alpha value is -0.450. The molecule has 0 radical (unpaired) electrons. The van der Waals surface area contributed by atoms with Crippen molar-refractivity contribution in [1.29, 1.82) is 0 Å². The first-order valence-electron chi connectivity index (χ1n) is 10.6. The molecule has 25 heavy (non-hydrogen) atoms. The Balaban J connectivity index is 1.57. The lowest BCUT2D eigenvalue weighted by Gasteiger charge is -2.60. The summed E-state index contributed by atoms with van der Waals surface area (Å²) in [6, 6.07) is 0. The van der Waals surface area contributed by atoms with Gasteiger partial charge in [-0.25, -0.2) is 0 Å². The maximum atomic E-state index is 12.7. The van der Waals surface area contributed by atoms with E-state index < -0.39 is 0 Å². The Morgan fingerprint density at radius 2 is 1.76 bits per heavy atom. The monoisotopic (exact) mass is 349 g/mol. The molecule has 4 fully saturated rings. The lowest BCUT2D eigenvalue weighted by Crippen LogP contribution is -2.93. The number of rotatable bonds is 3. The fraction of sp³-hybridized carbons (Fsp3) is 0.952. The zero-order chi connectivity index (χ0) is 17.8. The van der Waals surface area contributed by atoms with Crippen LogP contribution in [0.3, 0.4) is 0 Å². The van der Waals surface area contributed by atoms with E-state index in [-0.39, 0.29) is 17.4 Å². The molecular weight excluding hydrogens is 312 g/mol. The largest absolute Gasteiger partial charge is 0.393 e. The molecule has 4 rings (SSSR count). The van der Waals surface area contributed by atoms with Gasteiger partial charge < -0.3 is 5.11 Å². The molecule has 4 aliphatic rings. The molecule has 0 spiro atoms. The number of fused-ring (bicyclic) bond motifs is 5. The van der Waals surface area contributed by atoms with Crippen molar-refractivity contribution in [2.75, 3.05) is 6.54 Å². The van der Waals surface area contributed by atoms with Gasteiger partial charge in [-0.1, -0.05) is 13.8 Å². The van der Waals surface area contributed by atoms with Crippen LogP contribution in [0.5, 0.6) is 0 Å². The number of Topliss-reactive ketones (excluding diaryl/α,β-unsaturated/α-hetero) is 1. The van der Waals surface area contributed by atoms with E-state index in [1.165, 1.54) is 38.5 Å². The lowest BCUT2D eigenvalue weighted by molar-refractivity contribution is -0.656. The van der Waals surface area contributed by atoms with Gasteiger partial charge in [-0.2, -0.15) is 5.84 Å². The molecule has 142 valence electrons. The number of carbonyl (C=O) groups excluding carboxylic acids is 1. The first kappa shape index (κ1) is 17.9. The van der Waals surface area contributed by atoms with Gasteiger partial charge in [0.2, 0.25) is 0 Å². The summed E-state index contributed by atoms with van der Waals surface area (Å²) in [5.41, 5.74) is 2.18. The van der Waals surface area contributed by atoms with Gasteiger partial charge in [0.15, 0.2) is 12.3 Å². The van der Waals surface area contributed by atoms with E-state index in [4.69, 9.17) is 5.84 Å². The Kier molecular flexibility index (Phi) is 4.53. The standard InChI is InChI=1S/C21H36N2O2/c1-20-9-7-14(24)11-13(20)3-4-15-16-5-6-18(19(25)12-23-22)21(16,2)10-8-17(15)20/h13-18,23-24H,3-12,22H2,1-2H3/p+1. The van der Waals surface area contributed by atoms with Crippen LogP contribution in [0.15, 0.2) is 0 Å². The fourth-order valence-electron chi connectivity index (χ4n) is 8.02. The second kappa shape index (κ2) is 6.31. The second-order valence-corrected chi connectivity index (χ2v) is 10.2. The minimum absolute atomic E-state index is 0.0653. The van der Waals surface area contributed by atoms with Gasteiger partial charge in [-0.15, -0.1) is 0 Å². The molecule has 8 unspecified atom stereocenters. The molecular formula is C21H37N2O2+. The van der Waals surface area contributed by atoms with Crippen LogP contribution in [0, 0.1) is 40.4 Å². The van der Waals surface area contributed by atoms with Gasteiger partial charge in [-0.05, 0) is 92.3 Å². The number of aliphatic hydroxyl groups is 1. The van der Waals surface area contributed by atoms with E-state index in [1.54, 1.807) is 5.43 Å². The van der Waals surface area contributed by atoms with E-state index in [2.05, 4.69) is 13.8 Å². The summed E-state index contributed by atoms with van der Waals surface area (Å²) in [5, 5.41) is 10.1. The number of hydrogen-bond acceptors (Lipinski definition) is 3. The van der Waals surface area contributed by atoms with E-state index >= 15 is 0 Å². The molecule has 0 heterocycles. The molecule has 0 aromatic carbocycles. The van der Waals surface area contributed by atoms with Crippen LogP contribution in [-0.4, -0.2) is 23.5 Å². The SMILES string of the molecule is CC12CCC(O)CC1CCC1C2CCC2(C)C(C(=O)C[NH2+]N)CCC12. The molecule has 0 aromatic heterocycles. The molecule has 8 atom stereocenters. The smallest absolute Gasteiger partial charge is 0.192 e. The number of ketones is 1. The summed E-state index contributed by atoms with van der Waals surface area (Å²) in [4.78, 5) is 12.7. The van der Waals surface area contributed by atoms with Gasteiger partial charge >= 0.3 is 0 Å². The average Bonchev–Trinajstić information content (AvgIpc) is 2.93. The molecule has 4 saturated carbocycles. The van der Waals surface area contributed by atoms with Crippen LogP contribution in [-0.2, 0) is 4.79 Å². The highest BCUT2D eigenvalue weighted by molar-refractivity contribution is 5.83. The summed E-state index contributed by atoms with van der Waals surface area (Å²) in [5.74, 6) is 9.22. The summed E-state index contributed by atoms with van der Waals surface area (Å²) in [6.07, 6.45) is 10.6. The Morgan fingerprint density at radius 1 is 1.04 bits per heavy atom. The highest BCUT2D eigenvalue weighted by atomic mass is 16.3. The highest BCUT2D eigenvalue weighted by Gasteiger charge is 2.61. The summed E-state index contributed by atoms with van der Waals surface area (Å²) in [7, 11) is 0. The third kappa shape index (κ3) is 2.62. The molecule has 0 saturated heterocycles. The minimum atomic E-state index is -0.0653.